The normalized spacial score (nSPS) is 18.9. The second-order valence-corrected chi connectivity index (χ2v) is 7.95. The summed E-state index contributed by atoms with van der Waals surface area (Å²) in [4.78, 5) is 6.74. The molecule has 1 saturated heterocycles. The Morgan fingerprint density at radius 3 is 2.61 bits per heavy atom. The van der Waals surface area contributed by atoms with E-state index in [1.54, 1.807) is 11.3 Å². The molecule has 2 aliphatic heterocycles. The maximum absolute atomic E-state index is 13.0. The summed E-state index contributed by atoms with van der Waals surface area (Å²) in [5.41, 5.74) is 1.04. The molecule has 7 nitrogen and oxygen atoms in total. The zero-order chi connectivity index (χ0) is 18.9. The van der Waals surface area contributed by atoms with E-state index in [2.05, 4.69) is 26.7 Å². The topological polar surface area (TPSA) is 88.6 Å². The number of hydrogen-bond acceptors (Lipinski definition) is 8. The summed E-state index contributed by atoms with van der Waals surface area (Å²) in [7, 11) is 0. The van der Waals surface area contributed by atoms with Gasteiger partial charge in [-0.3, -0.25) is 0 Å². The lowest BCUT2D eigenvalue weighted by Gasteiger charge is -2.38. The first-order chi connectivity index (χ1) is 13.8. The molecule has 0 radical (unpaired) electrons. The number of nitrogens with zero attached hydrogens (tertiary/aromatic N) is 6. The van der Waals surface area contributed by atoms with Gasteiger partial charge in [0, 0.05) is 24.2 Å². The van der Waals surface area contributed by atoms with E-state index in [0.29, 0.717) is 23.5 Å². The quantitative estimate of drug-likeness (QED) is 0.674. The molecule has 0 N–H and O–H groups in total. The summed E-state index contributed by atoms with van der Waals surface area (Å²) in [6, 6.07) is 15.5. The zero-order valence-corrected chi connectivity index (χ0v) is 15.8. The number of para-hydroxylation sites is 1. The fourth-order valence-electron chi connectivity index (χ4n) is 3.63. The second-order valence-electron chi connectivity index (χ2n) is 6.89. The molecule has 5 rings (SSSR count). The molecule has 0 amide bonds. The Hall–Kier alpha value is -3.13. The highest BCUT2D eigenvalue weighted by molar-refractivity contribution is 7.18. The third-order valence-corrected chi connectivity index (χ3v) is 6.28. The molecule has 1 fully saturated rings. The van der Waals surface area contributed by atoms with Crippen molar-refractivity contribution in [3.63, 3.8) is 0 Å². The van der Waals surface area contributed by atoms with E-state index in [1.165, 1.54) is 4.70 Å². The van der Waals surface area contributed by atoms with Crippen LogP contribution in [0.4, 0.5) is 0 Å². The van der Waals surface area contributed by atoms with Crippen LogP contribution in [0.15, 0.2) is 69.2 Å². The summed E-state index contributed by atoms with van der Waals surface area (Å²) in [6.07, 6.45) is 2.06. The minimum atomic E-state index is 0.0528. The summed E-state index contributed by atoms with van der Waals surface area (Å²) in [6.45, 7) is 1.49. The van der Waals surface area contributed by atoms with Crippen molar-refractivity contribution in [2.45, 2.75) is 18.8 Å². The molecule has 0 spiro atoms. The molecule has 1 aromatic heterocycles. The molecule has 28 heavy (non-hydrogen) atoms. The number of thiazole rings is 1. The Balaban J connectivity index is 1.42. The van der Waals surface area contributed by atoms with Gasteiger partial charge in [-0.25, -0.2) is 4.98 Å². The van der Waals surface area contributed by atoms with Crippen LogP contribution in [-0.2, 0) is 0 Å². The standard InChI is InChI=1S/C20H18N6OS/c27-20(14-9-7-13(8-10-14)18-22-24-25-23-18)26-11-3-4-15(12-26)19-21-16-5-1-2-6-17(16)28-19/h1-2,5-10,15,27H,3-4,11-12H2/p-1/t15-/m1/s1. The lowest BCUT2D eigenvalue weighted by molar-refractivity contribution is -0.273. The van der Waals surface area contributed by atoms with E-state index in [9.17, 15) is 5.11 Å². The van der Waals surface area contributed by atoms with Gasteiger partial charge in [-0.1, -0.05) is 36.4 Å². The van der Waals surface area contributed by atoms with E-state index in [1.807, 2.05) is 47.4 Å². The van der Waals surface area contributed by atoms with Gasteiger partial charge >= 0.3 is 0 Å². The Bertz CT molecular complexity index is 1140. The molecule has 140 valence electrons. The minimum Gasteiger partial charge on any atom is -0.860 e. The second kappa shape index (κ2) is 7.12. The molecule has 0 saturated carbocycles. The van der Waals surface area contributed by atoms with E-state index in [-0.39, 0.29) is 5.88 Å². The Morgan fingerprint density at radius 1 is 1.04 bits per heavy atom. The van der Waals surface area contributed by atoms with E-state index < -0.39 is 0 Å². The number of benzene rings is 2. The van der Waals surface area contributed by atoms with Crippen molar-refractivity contribution in [1.82, 2.24) is 9.88 Å². The number of rotatable bonds is 2. The van der Waals surface area contributed by atoms with Crippen molar-refractivity contribution in [1.29, 1.82) is 0 Å². The third kappa shape index (κ3) is 3.16. The van der Waals surface area contributed by atoms with Crippen molar-refractivity contribution in [2.75, 3.05) is 13.1 Å². The molecule has 0 unspecified atom stereocenters. The highest BCUT2D eigenvalue weighted by Crippen LogP contribution is 2.33. The Morgan fingerprint density at radius 2 is 1.82 bits per heavy atom. The summed E-state index contributed by atoms with van der Waals surface area (Å²) in [5, 5.41) is 30.3. The fourth-order valence-corrected chi connectivity index (χ4v) is 4.73. The van der Waals surface area contributed by atoms with Gasteiger partial charge < -0.3 is 10.0 Å². The van der Waals surface area contributed by atoms with Gasteiger partial charge in [0.25, 0.3) is 0 Å². The van der Waals surface area contributed by atoms with Crippen LogP contribution in [0.25, 0.3) is 21.9 Å². The van der Waals surface area contributed by atoms with Gasteiger partial charge in [-0.2, -0.15) is 0 Å². The van der Waals surface area contributed by atoms with E-state index >= 15 is 0 Å². The summed E-state index contributed by atoms with van der Waals surface area (Å²) < 4.78 is 1.20. The smallest absolute Gasteiger partial charge is 0.207 e. The molecule has 2 aromatic carbocycles. The van der Waals surface area contributed by atoms with Crippen molar-refractivity contribution >= 4 is 33.3 Å². The molecule has 0 bridgehead atoms. The minimum absolute atomic E-state index is 0.0528. The van der Waals surface area contributed by atoms with Crippen LogP contribution in [-0.4, -0.2) is 23.0 Å². The Kier molecular flexibility index (Phi) is 4.32. The van der Waals surface area contributed by atoms with E-state index in [0.717, 1.165) is 35.1 Å². The van der Waals surface area contributed by atoms with Crippen LogP contribution < -0.4 is 15.5 Å². The number of hydrogen-bond donors (Lipinski definition) is 0. The maximum atomic E-state index is 13.0. The first kappa shape index (κ1) is 17.0. The molecule has 1 atom stereocenters. The molecular weight excluding hydrogens is 372 g/mol. The highest BCUT2D eigenvalue weighted by Gasteiger charge is 2.23. The average Bonchev–Trinajstić information content (AvgIpc) is 3.43. The average molecular weight is 389 g/mol. The first-order valence-electron chi connectivity index (χ1n) is 9.22. The largest absolute Gasteiger partial charge is 0.860 e. The van der Waals surface area contributed by atoms with Gasteiger partial charge in [-0.15, -0.1) is 21.6 Å². The van der Waals surface area contributed by atoms with Crippen LogP contribution in [0.3, 0.4) is 0 Å². The van der Waals surface area contributed by atoms with Crippen LogP contribution in [0, 0.1) is 0 Å². The van der Waals surface area contributed by atoms with Crippen LogP contribution >= 0.6 is 11.3 Å². The predicted molar refractivity (Wildman–Crippen MR) is 105 cm³/mol. The number of piperidine rings is 1. The Labute approximate surface area is 165 Å². The molecule has 3 aromatic rings. The lowest BCUT2D eigenvalue weighted by Crippen LogP contribution is -2.40. The maximum Gasteiger partial charge on any atom is 0.207 e. The lowest BCUT2D eigenvalue weighted by atomic mass is 9.99. The van der Waals surface area contributed by atoms with Crippen molar-refractivity contribution in [3.8, 4) is 0 Å². The van der Waals surface area contributed by atoms with Crippen LogP contribution in [0.5, 0.6) is 0 Å². The molecule has 3 heterocycles. The molecular formula is C20H17N6OS-. The van der Waals surface area contributed by atoms with Gasteiger partial charge in [0.1, 0.15) is 0 Å². The summed E-state index contributed by atoms with van der Waals surface area (Å²) in [5.74, 6) is 0.814. The van der Waals surface area contributed by atoms with Crippen molar-refractivity contribution in [2.24, 2.45) is 20.7 Å². The summed E-state index contributed by atoms with van der Waals surface area (Å²) >= 11 is 1.74. The van der Waals surface area contributed by atoms with Crippen molar-refractivity contribution < 1.29 is 5.11 Å². The monoisotopic (exact) mass is 389 g/mol. The third-order valence-electron chi connectivity index (χ3n) is 5.08. The predicted octanol–water partition coefficient (Wildman–Crippen LogP) is 2.50. The van der Waals surface area contributed by atoms with Gasteiger partial charge in [0.05, 0.1) is 15.2 Å². The molecule has 0 aliphatic carbocycles. The number of aromatic nitrogens is 1. The fraction of sp³-hybridized carbons (Fsp3) is 0.250. The number of fused-ring (bicyclic) bond motifs is 1. The molecule has 2 aliphatic rings. The SMILES string of the molecule is [O-]C(=c1ccc(=C2N=NN=N2)cc1)N1CCC[C@@H](c2nc3ccccc3s2)C1. The van der Waals surface area contributed by atoms with Gasteiger partial charge in [0.2, 0.25) is 5.82 Å². The highest BCUT2D eigenvalue weighted by atomic mass is 32.1. The van der Waals surface area contributed by atoms with Crippen LogP contribution in [0.2, 0.25) is 0 Å². The zero-order valence-electron chi connectivity index (χ0n) is 15.0. The number of likely N-dealkylation sites (tertiary alicyclic amines) is 1. The van der Waals surface area contributed by atoms with Crippen LogP contribution in [0.1, 0.15) is 23.8 Å². The van der Waals surface area contributed by atoms with E-state index in [4.69, 9.17) is 4.98 Å². The van der Waals surface area contributed by atoms with Gasteiger partial charge in [0.15, 0.2) is 0 Å². The van der Waals surface area contributed by atoms with Crippen molar-refractivity contribution in [3.05, 3.63) is 64.0 Å². The van der Waals surface area contributed by atoms with Gasteiger partial charge in [-0.05, 0) is 46.5 Å². The molecule has 8 heteroatoms. The first-order valence-corrected chi connectivity index (χ1v) is 10.0.